The summed E-state index contributed by atoms with van der Waals surface area (Å²) in [6, 6.07) is 7.02. The van der Waals surface area contributed by atoms with Gasteiger partial charge in [-0.15, -0.1) is 22.8 Å². The maximum Gasteiger partial charge on any atom is 0.171 e. The van der Waals surface area contributed by atoms with Crippen molar-refractivity contribution in [2.45, 2.75) is 4.34 Å². The lowest BCUT2D eigenvalue weighted by molar-refractivity contribution is 0.477. The Hall–Kier alpha value is -1.07. The first-order valence-corrected chi connectivity index (χ1v) is 4.84. The van der Waals surface area contributed by atoms with Crippen LogP contribution in [-0.4, -0.2) is 15.3 Å². The normalized spacial score (nSPS) is 10.2. The molecule has 0 atom stereocenters. The second-order valence-corrected chi connectivity index (χ2v) is 4.11. The molecule has 0 amide bonds. The van der Waals surface area contributed by atoms with Crippen LogP contribution in [0.5, 0.6) is 5.75 Å². The molecule has 1 N–H and O–H groups in total. The third-order valence-electron chi connectivity index (χ3n) is 1.55. The molecule has 66 valence electrons. The van der Waals surface area contributed by atoms with Gasteiger partial charge in [0, 0.05) is 0 Å². The van der Waals surface area contributed by atoms with Crippen molar-refractivity contribution in [3.8, 4) is 16.3 Å². The maximum absolute atomic E-state index is 9.49. The molecule has 3 nitrogen and oxygen atoms in total. The van der Waals surface area contributed by atoms with Gasteiger partial charge in [0.15, 0.2) is 9.35 Å². The number of para-hydroxylation sites is 1. The topological polar surface area (TPSA) is 46.0 Å². The van der Waals surface area contributed by atoms with Crippen molar-refractivity contribution in [2.24, 2.45) is 0 Å². The van der Waals surface area contributed by atoms with E-state index in [1.165, 1.54) is 11.3 Å². The zero-order valence-electron chi connectivity index (χ0n) is 6.51. The Morgan fingerprint density at radius 2 is 2.00 bits per heavy atom. The van der Waals surface area contributed by atoms with Crippen molar-refractivity contribution in [2.75, 3.05) is 0 Å². The molecule has 1 aromatic carbocycles. The summed E-state index contributed by atoms with van der Waals surface area (Å²) in [5.74, 6) is 0.215. The van der Waals surface area contributed by atoms with Crippen molar-refractivity contribution in [3.63, 3.8) is 0 Å². The molecule has 0 saturated heterocycles. The van der Waals surface area contributed by atoms with Crippen molar-refractivity contribution >= 4 is 24.0 Å². The fourth-order valence-corrected chi connectivity index (χ4v) is 1.90. The minimum Gasteiger partial charge on any atom is -0.507 e. The number of hydrogen-bond acceptors (Lipinski definition) is 5. The number of rotatable bonds is 1. The van der Waals surface area contributed by atoms with Gasteiger partial charge < -0.3 is 5.11 Å². The Morgan fingerprint density at radius 1 is 1.23 bits per heavy atom. The molecule has 1 aromatic heterocycles. The number of thiol groups is 1. The second kappa shape index (κ2) is 3.35. The molecule has 0 unspecified atom stereocenters. The second-order valence-electron chi connectivity index (χ2n) is 2.41. The number of nitrogens with zero attached hydrogens (tertiary/aromatic N) is 2. The molecule has 0 radical (unpaired) electrons. The van der Waals surface area contributed by atoms with Crippen LogP contribution in [-0.2, 0) is 0 Å². The van der Waals surface area contributed by atoms with Crippen LogP contribution in [0.4, 0.5) is 0 Å². The third-order valence-corrected chi connectivity index (χ3v) is 2.67. The van der Waals surface area contributed by atoms with Gasteiger partial charge in [-0.25, -0.2) is 0 Å². The highest BCUT2D eigenvalue weighted by Crippen LogP contribution is 2.31. The van der Waals surface area contributed by atoms with Gasteiger partial charge in [0.1, 0.15) is 5.75 Å². The number of phenols is 1. The zero-order chi connectivity index (χ0) is 9.26. The largest absolute Gasteiger partial charge is 0.507 e. The van der Waals surface area contributed by atoms with Gasteiger partial charge in [0.2, 0.25) is 0 Å². The predicted molar refractivity (Wildman–Crippen MR) is 54.3 cm³/mol. The Bertz CT molecular complexity index is 428. The van der Waals surface area contributed by atoms with Crippen LogP contribution >= 0.6 is 24.0 Å². The van der Waals surface area contributed by atoms with E-state index in [2.05, 4.69) is 22.8 Å². The Balaban J connectivity index is 2.52. The third kappa shape index (κ3) is 1.66. The summed E-state index contributed by atoms with van der Waals surface area (Å²) in [6.45, 7) is 0. The number of hydrogen-bond donors (Lipinski definition) is 2. The van der Waals surface area contributed by atoms with Gasteiger partial charge >= 0.3 is 0 Å². The minimum atomic E-state index is 0.215. The molecule has 0 spiro atoms. The number of aromatic nitrogens is 2. The smallest absolute Gasteiger partial charge is 0.171 e. The first-order valence-electron chi connectivity index (χ1n) is 3.58. The van der Waals surface area contributed by atoms with Crippen molar-refractivity contribution < 1.29 is 5.11 Å². The monoisotopic (exact) mass is 210 g/mol. The van der Waals surface area contributed by atoms with Crippen LogP contribution in [0.2, 0.25) is 0 Å². The number of benzene rings is 1. The van der Waals surface area contributed by atoms with Crippen LogP contribution in [0.25, 0.3) is 10.6 Å². The van der Waals surface area contributed by atoms with Crippen LogP contribution in [0, 0.1) is 0 Å². The van der Waals surface area contributed by atoms with E-state index in [0.29, 0.717) is 14.9 Å². The Morgan fingerprint density at radius 3 is 2.62 bits per heavy atom. The molecule has 5 heteroatoms. The van der Waals surface area contributed by atoms with E-state index < -0.39 is 0 Å². The van der Waals surface area contributed by atoms with Crippen molar-refractivity contribution in [1.82, 2.24) is 10.2 Å². The van der Waals surface area contributed by atoms with E-state index in [1.54, 1.807) is 18.2 Å². The average Bonchev–Trinajstić information content (AvgIpc) is 2.53. The molecule has 13 heavy (non-hydrogen) atoms. The molecule has 1 heterocycles. The highest BCUT2D eigenvalue weighted by atomic mass is 32.2. The summed E-state index contributed by atoms with van der Waals surface area (Å²) in [4.78, 5) is 0. The first-order chi connectivity index (χ1) is 6.27. The summed E-state index contributed by atoms with van der Waals surface area (Å²) in [7, 11) is 0. The lowest BCUT2D eigenvalue weighted by atomic mass is 10.2. The van der Waals surface area contributed by atoms with Crippen molar-refractivity contribution in [1.29, 1.82) is 0 Å². The van der Waals surface area contributed by atoms with Gasteiger partial charge in [-0.2, -0.15) is 0 Å². The zero-order valence-corrected chi connectivity index (χ0v) is 8.22. The molecule has 0 aliphatic heterocycles. The van der Waals surface area contributed by atoms with E-state index in [4.69, 9.17) is 0 Å². The minimum absolute atomic E-state index is 0.215. The van der Waals surface area contributed by atoms with Gasteiger partial charge in [-0.05, 0) is 12.1 Å². The maximum atomic E-state index is 9.49. The molecular weight excluding hydrogens is 204 g/mol. The van der Waals surface area contributed by atoms with Gasteiger partial charge in [-0.3, -0.25) is 0 Å². The van der Waals surface area contributed by atoms with Gasteiger partial charge in [0.05, 0.1) is 5.56 Å². The van der Waals surface area contributed by atoms with Crippen LogP contribution in [0.1, 0.15) is 0 Å². The Labute approximate surface area is 84.5 Å². The molecule has 2 aromatic rings. The van der Waals surface area contributed by atoms with Gasteiger partial charge in [-0.1, -0.05) is 23.5 Å². The van der Waals surface area contributed by atoms with E-state index in [0.717, 1.165) is 0 Å². The van der Waals surface area contributed by atoms with Crippen LogP contribution in [0.15, 0.2) is 28.6 Å². The molecule has 2 rings (SSSR count). The lowest BCUT2D eigenvalue weighted by Crippen LogP contribution is -1.76. The lowest BCUT2D eigenvalue weighted by Gasteiger charge is -1.97. The fraction of sp³-hybridized carbons (Fsp3) is 0. The number of phenolic OH excluding ortho intramolecular Hbond substituents is 1. The highest BCUT2D eigenvalue weighted by Gasteiger charge is 2.07. The average molecular weight is 210 g/mol. The van der Waals surface area contributed by atoms with E-state index in [9.17, 15) is 5.11 Å². The fourth-order valence-electron chi connectivity index (χ4n) is 0.979. The van der Waals surface area contributed by atoms with Crippen LogP contribution in [0.3, 0.4) is 0 Å². The molecule has 0 fully saturated rings. The standard InChI is InChI=1S/C8H6N2OS2/c11-6-4-2-1-3-5(6)7-9-10-8(12)13-7/h1-4,11H,(H,10,12). The Kier molecular flexibility index (Phi) is 2.20. The summed E-state index contributed by atoms with van der Waals surface area (Å²) in [5, 5.41) is 17.8. The first kappa shape index (κ1) is 8.52. The summed E-state index contributed by atoms with van der Waals surface area (Å²) in [5.41, 5.74) is 0.695. The summed E-state index contributed by atoms with van der Waals surface area (Å²) >= 11 is 5.39. The SMILES string of the molecule is Oc1ccccc1-c1nnc(S)s1. The predicted octanol–water partition coefficient (Wildman–Crippen LogP) is 2.20. The molecule has 0 bridgehead atoms. The van der Waals surface area contributed by atoms with E-state index in [-0.39, 0.29) is 5.75 Å². The summed E-state index contributed by atoms with van der Waals surface area (Å²) < 4.78 is 0.596. The molecule has 0 saturated carbocycles. The van der Waals surface area contributed by atoms with Gasteiger partial charge in [0.25, 0.3) is 0 Å². The van der Waals surface area contributed by atoms with Crippen LogP contribution < -0.4 is 0 Å². The summed E-state index contributed by atoms with van der Waals surface area (Å²) in [6.07, 6.45) is 0. The number of aromatic hydroxyl groups is 1. The molecule has 0 aliphatic rings. The van der Waals surface area contributed by atoms with Crippen molar-refractivity contribution in [3.05, 3.63) is 24.3 Å². The van der Waals surface area contributed by atoms with E-state index in [1.807, 2.05) is 6.07 Å². The highest BCUT2D eigenvalue weighted by molar-refractivity contribution is 7.82. The van der Waals surface area contributed by atoms with E-state index >= 15 is 0 Å². The molecule has 0 aliphatic carbocycles. The quantitative estimate of drug-likeness (QED) is 0.709. The molecular formula is C8H6N2OS2.